The molecule has 0 bridgehead atoms. The van der Waals surface area contributed by atoms with Crippen molar-refractivity contribution < 1.29 is 4.74 Å². The van der Waals surface area contributed by atoms with E-state index in [1.807, 2.05) is 11.9 Å². The second kappa shape index (κ2) is 7.98. The fraction of sp³-hybridized carbons (Fsp3) is 0.524. The molecule has 0 amide bonds. The molecule has 2 aromatic carbocycles. The second-order valence-electron chi connectivity index (χ2n) is 7.84. The van der Waals surface area contributed by atoms with Crippen LogP contribution in [-0.2, 0) is 0 Å². The SMILES string of the molecule is COc1cc2ccccc2cc1C(NSC(C)(C)C)C1CCNCC1. The lowest BCUT2D eigenvalue weighted by Crippen LogP contribution is -2.35. The average molecular weight is 359 g/mol. The molecule has 2 N–H and O–H groups in total. The molecule has 1 aliphatic heterocycles. The van der Waals surface area contributed by atoms with Gasteiger partial charge < -0.3 is 10.1 Å². The van der Waals surface area contributed by atoms with Crippen LogP contribution >= 0.6 is 11.9 Å². The minimum atomic E-state index is 0.176. The quantitative estimate of drug-likeness (QED) is 0.743. The molecule has 0 radical (unpaired) electrons. The van der Waals surface area contributed by atoms with Crippen molar-refractivity contribution >= 4 is 22.7 Å². The third-order valence-electron chi connectivity index (χ3n) is 4.78. The Kier molecular flexibility index (Phi) is 5.92. The van der Waals surface area contributed by atoms with E-state index < -0.39 is 0 Å². The first-order valence-corrected chi connectivity index (χ1v) is 10.0. The molecule has 1 aliphatic rings. The van der Waals surface area contributed by atoms with Crippen molar-refractivity contribution in [1.29, 1.82) is 0 Å². The van der Waals surface area contributed by atoms with E-state index in [0.29, 0.717) is 12.0 Å². The second-order valence-corrected chi connectivity index (χ2v) is 9.50. The fourth-order valence-corrected chi connectivity index (χ4v) is 4.29. The molecule has 0 aromatic heterocycles. The van der Waals surface area contributed by atoms with E-state index in [9.17, 15) is 0 Å². The molecule has 1 fully saturated rings. The highest BCUT2D eigenvalue weighted by Crippen LogP contribution is 2.39. The van der Waals surface area contributed by atoms with Crippen LogP contribution in [0.1, 0.15) is 45.2 Å². The van der Waals surface area contributed by atoms with Crippen molar-refractivity contribution in [2.45, 2.75) is 44.4 Å². The minimum Gasteiger partial charge on any atom is -0.496 e. The lowest BCUT2D eigenvalue weighted by atomic mass is 9.85. The maximum Gasteiger partial charge on any atom is 0.124 e. The lowest BCUT2D eigenvalue weighted by Gasteiger charge is -2.34. The third kappa shape index (κ3) is 4.69. The van der Waals surface area contributed by atoms with Crippen LogP contribution in [0.3, 0.4) is 0 Å². The predicted molar refractivity (Wildman–Crippen MR) is 109 cm³/mol. The van der Waals surface area contributed by atoms with Gasteiger partial charge >= 0.3 is 0 Å². The molecule has 3 rings (SSSR count). The van der Waals surface area contributed by atoms with Crippen molar-refractivity contribution in [3.8, 4) is 5.75 Å². The topological polar surface area (TPSA) is 33.3 Å². The van der Waals surface area contributed by atoms with Crippen LogP contribution in [0.4, 0.5) is 0 Å². The summed E-state index contributed by atoms with van der Waals surface area (Å²) in [5.74, 6) is 1.61. The minimum absolute atomic E-state index is 0.176. The van der Waals surface area contributed by atoms with Gasteiger partial charge in [-0.25, -0.2) is 0 Å². The normalized spacial score (nSPS) is 17.6. The Morgan fingerprint density at radius 2 is 1.76 bits per heavy atom. The first-order valence-electron chi connectivity index (χ1n) is 9.19. The zero-order valence-corrected chi connectivity index (χ0v) is 16.6. The van der Waals surface area contributed by atoms with Gasteiger partial charge in [-0.15, -0.1) is 0 Å². The van der Waals surface area contributed by atoms with Gasteiger partial charge in [-0.2, -0.15) is 0 Å². The highest BCUT2D eigenvalue weighted by Gasteiger charge is 2.29. The number of rotatable bonds is 5. The van der Waals surface area contributed by atoms with E-state index in [4.69, 9.17) is 4.74 Å². The van der Waals surface area contributed by atoms with Gasteiger partial charge in [0.25, 0.3) is 0 Å². The molecule has 1 atom stereocenters. The van der Waals surface area contributed by atoms with Gasteiger partial charge in [0.1, 0.15) is 5.75 Å². The average Bonchev–Trinajstić information content (AvgIpc) is 2.61. The summed E-state index contributed by atoms with van der Waals surface area (Å²) < 4.78 is 9.76. The van der Waals surface area contributed by atoms with Crippen LogP contribution < -0.4 is 14.8 Å². The number of methoxy groups -OCH3 is 1. The molecule has 3 nitrogen and oxygen atoms in total. The van der Waals surface area contributed by atoms with E-state index in [-0.39, 0.29) is 4.75 Å². The molecule has 4 heteroatoms. The Morgan fingerprint density at radius 1 is 1.12 bits per heavy atom. The predicted octanol–water partition coefficient (Wildman–Crippen LogP) is 4.93. The number of nitrogens with one attached hydrogen (secondary N) is 2. The van der Waals surface area contributed by atoms with Crippen LogP contribution in [0, 0.1) is 5.92 Å². The largest absolute Gasteiger partial charge is 0.496 e. The first kappa shape index (κ1) is 18.6. The van der Waals surface area contributed by atoms with Gasteiger partial charge in [0, 0.05) is 16.4 Å². The summed E-state index contributed by atoms with van der Waals surface area (Å²) in [5.41, 5.74) is 1.28. The molecule has 1 unspecified atom stereocenters. The lowest BCUT2D eigenvalue weighted by molar-refractivity contribution is 0.303. The van der Waals surface area contributed by atoms with E-state index in [1.54, 1.807) is 7.11 Å². The summed E-state index contributed by atoms with van der Waals surface area (Å²) in [5, 5.41) is 6.00. The van der Waals surface area contributed by atoms with E-state index in [2.05, 4.69) is 67.2 Å². The third-order valence-corrected chi connectivity index (χ3v) is 5.76. The number of piperidine rings is 1. The molecule has 2 aromatic rings. The molecule has 136 valence electrons. The van der Waals surface area contributed by atoms with Crippen molar-refractivity contribution in [2.24, 2.45) is 5.92 Å². The standard InChI is InChI=1S/C21H30N2OS/c1-21(2,3)25-23-20(15-9-11-22-12-10-15)18-13-16-7-5-6-8-17(16)14-19(18)24-4/h5-8,13-15,20,22-23H,9-12H2,1-4H3. The Labute approximate surface area is 156 Å². The summed E-state index contributed by atoms with van der Waals surface area (Å²) >= 11 is 1.83. The molecular formula is C21H30N2OS. The van der Waals surface area contributed by atoms with Gasteiger partial charge in [0.05, 0.1) is 7.11 Å². The maximum atomic E-state index is 5.79. The zero-order valence-electron chi connectivity index (χ0n) is 15.8. The highest BCUT2D eigenvalue weighted by molar-refractivity contribution is 7.98. The number of benzene rings is 2. The summed E-state index contributed by atoms with van der Waals surface area (Å²) in [6.07, 6.45) is 2.39. The van der Waals surface area contributed by atoms with Crippen molar-refractivity contribution in [1.82, 2.24) is 10.0 Å². The van der Waals surface area contributed by atoms with Gasteiger partial charge in [0.2, 0.25) is 0 Å². The van der Waals surface area contributed by atoms with Crippen LogP contribution in [0.5, 0.6) is 5.75 Å². The van der Waals surface area contributed by atoms with Gasteiger partial charge in [0.15, 0.2) is 0 Å². The highest BCUT2D eigenvalue weighted by atomic mass is 32.2. The summed E-state index contributed by atoms with van der Waals surface area (Å²) in [7, 11) is 1.78. The Morgan fingerprint density at radius 3 is 2.36 bits per heavy atom. The van der Waals surface area contributed by atoms with E-state index in [1.165, 1.54) is 29.2 Å². The Hall–Kier alpha value is -1.23. The Balaban J connectivity index is 1.99. The number of hydrogen-bond acceptors (Lipinski definition) is 4. The Bertz CT molecular complexity index is 705. The number of hydrogen-bond donors (Lipinski definition) is 2. The first-order chi connectivity index (χ1) is 12.0. The van der Waals surface area contributed by atoms with Gasteiger partial charge in [-0.05, 0) is 75.5 Å². The van der Waals surface area contributed by atoms with Crippen LogP contribution in [0.15, 0.2) is 36.4 Å². The molecule has 0 saturated carbocycles. The summed E-state index contributed by atoms with van der Waals surface area (Å²) in [6, 6.07) is 13.3. The van der Waals surface area contributed by atoms with Crippen molar-refractivity contribution in [3.05, 3.63) is 42.0 Å². The summed E-state index contributed by atoms with van der Waals surface area (Å²) in [6.45, 7) is 8.95. The van der Waals surface area contributed by atoms with Gasteiger partial charge in [-0.1, -0.05) is 36.2 Å². The van der Waals surface area contributed by atoms with Crippen LogP contribution in [0.25, 0.3) is 10.8 Å². The molecule has 1 saturated heterocycles. The van der Waals surface area contributed by atoms with Crippen molar-refractivity contribution in [2.75, 3.05) is 20.2 Å². The monoisotopic (exact) mass is 358 g/mol. The molecule has 1 heterocycles. The van der Waals surface area contributed by atoms with E-state index >= 15 is 0 Å². The number of ether oxygens (including phenoxy) is 1. The summed E-state index contributed by atoms with van der Waals surface area (Å²) in [4.78, 5) is 0. The van der Waals surface area contributed by atoms with Crippen LogP contribution in [0.2, 0.25) is 0 Å². The maximum absolute atomic E-state index is 5.79. The molecule has 0 aliphatic carbocycles. The smallest absolute Gasteiger partial charge is 0.124 e. The zero-order chi connectivity index (χ0) is 17.9. The van der Waals surface area contributed by atoms with E-state index in [0.717, 1.165) is 18.8 Å². The molecular weight excluding hydrogens is 328 g/mol. The van der Waals surface area contributed by atoms with Gasteiger partial charge in [-0.3, -0.25) is 4.72 Å². The van der Waals surface area contributed by atoms with Crippen molar-refractivity contribution in [3.63, 3.8) is 0 Å². The fourth-order valence-electron chi connectivity index (χ4n) is 3.49. The molecule has 25 heavy (non-hydrogen) atoms. The molecule has 0 spiro atoms. The number of fused-ring (bicyclic) bond motifs is 1. The van der Waals surface area contributed by atoms with Crippen LogP contribution in [-0.4, -0.2) is 24.9 Å².